The number of carboxylic acids is 1. The van der Waals surface area contributed by atoms with E-state index in [2.05, 4.69) is 44.2 Å². The molecule has 19 heavy (non-hydrogen) atoms. The number of carbonyl (C=O) groups is 1. The summed E-state index contributed by atoms with van der Waals surface area (Å²) in [5.41, 5.74) is 1.19. The Morgan fingerprint density at radius 1 is 1.42 bits per heavy atom. The van der Waals surface area contributed by atoms with Crippen molar-refractivity contribution >= 4 is 17.7 Å². The van der Waals surface area contributed by atoms with Gasteiger partial charge in [-0.2, -0.15) is 0 Å². The molecular formula is C14H24N2O2S. The molecule has 1 unspecified atom stereocenters. The number of rotatable bonds is 7. The van der Waals surface area contributed by atoms with E-state index in [4.69, 9.17) is 5.11 Å². The molecule has 0 fully saturated rings. The van der Waals surface area contributed by atoms with Crippen molar-refractivity contribution < 1.29 is 9.90 Å². The van der Waals surface area contributed by atoms with Crippen molar-refractivity contribution in [2.75, 3.05) is 5.75 Å². The average molecular weight is 284 g/mol. The van der Waals surface area contributed by atoms with E-state index in [-0.39, 0.29) is 5.75 Å². The summed E-state index contributed by atoms with van der Waals surface area (Å²) in [6.45, 7) is 10.9. The van der Waals surface area contributed by atoms with Crippen molar-refractivity contribution in [1.29, 1.82) is 0 Å². The maximum atomic E-state index is 10.7. The second kappa shape index (κ2) is 6.98. The summed E-state index contributed by atoms with van der Waals surface area (Å²) in [5, 5.41) is 9.65. The fraction of sp³-hybridized carbons (Fsp3) is 0.714. The Hall–Kier alpha value is -0.970. The molecule has 0 saturated carbocycles. The molecule has 0 aliphatic rings. The van der Waals surface area contributed by atoms with Gasteiger partial charge in [0.15, 0.2) is 5.16 Å². The third kappa shape index (κ3) is 4.00. The third-order valence-electron chi connectivity index (χ3n) is 3.23. The summed E-state index contributed by atoms with van der Waals surface area (Å²) in [6, 6.07) is 0.371. The van der Waals surface area contributed by atoms with Crippen LogP contribution in [0.2, 0.25) is 0 Å². The molecule has 0 aromatic carbocycles. The maximum absolute atomic E-state index is 10.7. The first-order chi connectivity index (χ1) is 8.88. The Kier molecular flexibility index (Phi) is 5.91. The molecule has 1 aromatic heterocycles. The van der Waals surface area contributed by atoms with E-state index in [1.807, 2.05) is 6.20 Å². The minimum absolute atomic E-state index is 0.0586. The number of carboxylic acid groups (broad SMARTS) is 1. The van der Waals surface area contributed by atoms with Crippen LogP contribution < -0.4 is 0 Å². The number of imidazole rings is 1. The molecule has 4 nitrogen and oxygen atoms in total. The van der Waals surface area contributed by atoms with Gasteiger partial charge in [0.1, 0.15) is 0 Å². The van der Waals surface area contributed by atoms with Gasteiger partial charge >= 0.3 is 5.97 Å². The standard InChI is InChI=1S/C14H24N2O2S/c1-6-11(9(2)3)16-12(10(4)5)7-15-14(16)19-8-13(17)18/h7,9-11H,6,8H2,1-5H3,(H,17,18). The van der Waals surface area contributed by atoms with Crippen LogP contribution in [-0.4, -0.2) is 26.4 Å². The largest absolute Gasteiger partial charge is 0.481 e. The minimum atomic E-state index is -0.803. The summed E-state index contributed by atoms with van der Waals surface area (Å²) in [7, 11) is 0. The molecule has 1 aromatic rings. The van der Waals surface area contributed by atoms with Gasteiger partial charge in [-0.3, -0.25) is 4.79 Å². The van der Waals surface area contributed by atoms with Crippen molar-refractivity contribution in [3.63, 3.8) is 0 Å². The zero-order chi connectivity index (χ0) is 14.6. The third-order valence-corrected chi connectivity index (χ3v) is 4.18. The molecule has 1 rings (SSSR count). The maximum Gasteiger partial charge on any atom is 0.313 e. The molecule has 0 aliphatic carbocycles. The van der Waals surface area contributed by atoms with E-state index >= 15 is 0 Å². The van der Waals surface area contributed by atoms with E-state index in [1.165, 1.54) is 17.5 Å². The van der Waals surface area contributed by atoms with Gasteiger partial charge in [0, 0.05) is 17.9 Å². The summed E-state index contributed by atoms with van der Waals surface area (Å²) < 4.78 is 2.24. The average Bonchev–Trinajstić information content (AvgIpc) is 2.71. The highest BCUT2D eigenvalue weighted by atomic mass is 32.2. The molecule has 0 aliphatic heterocycles. The lowest BCUT2D eigenvalue weighted by molar-refractivity contribution is -0.133. The first kappa shape index (κ1) is 16.1. The number of hydrogen-bond donors (Lipinski definition) is 1. The van der Waals surface area contributed by atoms with Gasteiger partial charge in [0.25, 0.3) is 0 Å². The minimum Gasteiger partial charge on any atom is -0.481 e. The Morgan fingerprint density at radius 3 is 2.47 bits per heavy atom. The van der Waals surface area contributed by atoms with E-state index in [9.17, 15) is 4.79 Å². The highest BCUT2D eigenvalue weighted by Gasteiger charge is 2.22. The van der Waals surface area contributed by atoms with E-state index in [0.29, 0.717) is 17.9 Å². The zero-order valence-electron chi connectivity index (χ0n) is 12.4. The van der Waals surface area contributed by atoms with Gasteiger partial charge in [-0.05, 0) is 18.3 Å². The molecule has 108 valence electrons. The molecule has 0 amide bonds. The predicted molar refractivity (Wildman–Crippen MR) is 78.8 cm³/mol. The lowest BCUT2D eigenvalue weighted by Gasteiger charge is -2.26. The quantitative estimate of drug-likeness (QED) is 0.774. The fourth-order valence-electron chi connectivity index (χ4n) is 2.30. The van der Waals surface area contributed by atoms with E-state index in [1.54, 1.807) is 0 Å². The molecule has 0 spiro atoms. The number of nitrogens with zero attached hydrogens (tertiary/aromatic N) is 2. The summed E-state index contributed by atoms with van der Waals surface area (Å²) in [5.74, 6) is 0.145. The van der Waals surface area contributed by atoms with Crippen LogP contribution in [0.1, 0.15) is 58.7 Å². The van der Waals surface area contributed by atoms with Gasteiger partial charge in [0.2, 0.25) is 0 Å². The van der Waals surface area contributed by atoms with Gasteiger partial charge in [-0.15, -0.1) is 0 Å². The topological polar surface area (TPSA) is 55.1 Å². The first-order valence-electron chi connectivity index (χ1n) is 6.80. The molecule has 1 atom stereocenters. The molecule has 5 heteroatoms. The summed E-state index contributed by atoms with van der Waals surface area (Å²) in [6.07, 6.45) is 2.91. The van der Waals surface area contributed by atoms with Crippen LogP contribution in [-0.2, 0) is 4.79 Å². The molecular weight excluding hydrogens is 260 g/mol. The van der Waals surface area contributed by atoms with E-state index < -0.39 is 5.97 Å². The fourth-order valence-corrected chi connectivity index (χ4v) is 3.06. The summed E-state index contributed by atoms with van der Waals surface area (Å²) in [4.78, 5) is 15.2. The smallest absolute Gasteiger partial charge is 0.313 e. The Bertz CT molecular complexity index is 427. The van der Waals surface area contributed by atoms with Crippen molar-refractivity contribution in [1.82, 2.24) is 9.55 Å². The number of hydrogen-bond acceptors (Lipinski definition) is 3. The number of thioether (sulfide) groups is 1. The molecule has 1 heterocycles. The van der Waals surface area contributed by atoms with Gasteiger partial charge in [-0.25, -0.2) is 4.98 Å². The van der Waals surface area contributed by atoms with Crippen molar-refractivity contribution in [3.05, 3.63) is 11.9 Å². The van der Waals surface area contributed by atoms with Crippen LogP contribution in [0.5, 0.6) is 0 Å². The molecule has 1 N–H and O–H groups in total. The molecule has 0 bridgehead atoms. The summed E-state index contributed by atoms with van der Waals surface area (Å²) >= 11 is 1.31. The van der Waals surface area contributed by atoms with E-state index in [0.717, 1.165) is 11.6 Å². The molecule has 0 radical (unpaired) electrons. The SMILES string of the molecule is CCC(C(C)C)n1c(C(C)C)cnc1SCC(=O)O. The Morgan fingerprint density at radius 2 is 2.05 bits per heavy atom. The van der Waals surface area contributed by atoms with Crippen molar-refractivity contribution in [2.45, 2.75) is 58.2 Å². The normalized spacial score (nSPS) is 13.2. The van der Waals surface area contributed by atoms with Gasteiger partial charge < -0.3 is 9.67 Å². The highest BCUT2D eigenvalue weighted by Crippen LogP contribution is 2.32. The predicted octanol–water partition coefficient (Wildman–Crippen LogP) is 3.79. The van der Waals surface area contributed by atoms with Crippen molar-refractivity contribution in [3.8, 4) is 0 Å². The lowest BCUT2D eigenvalue weighted by Crippen LogP contribution is -2.18. The Labute approximate surface area is 119 Å². The van der Waals surface area contributed by atoms with Crippen LogP contribution >= 0.6 is 11.8 Å². The highest BCUT2D eigenvalue weighted by molar-refractivity contribution is 7.99. The zero-order valence-corrected chi connectivity index (χ0v) is 13.2. The van der Waals surface area contributed by atoms with Gasteiger partial charge in [-0.1, -0.05) is 46.4 Å². The van der Waals surface area contributed by atoms with Gasteiger partial charge in [0.05, 0.1) is 5.75 Å². The van der Waals surface area contributed by atoms with Crippen LogP contribution in [0, 0.1) is 5.92 Å². The van der Waals surface area contributed by atoms with Crippen molar-refractivity contribution in [2.24, 2.45) is 5.92 Å². The van der Waals surface area contributed by atoms with Crippen LogP contribution in [0.25, 0.3) is 0 Å². The number of aliphatic carboxylic acids is 1. The monoisotopic (exact) mass is 284 g/mol. The van der Waals surface area contributed by atoms with Crippen LogP contribution in [0.15, 0.2) is 11.4 Å². The second-order valence-electron chi connectivity index (χ2n) is 5.39. The Balaban J connectivity index is 3.14. The van der Waals surface area contributed by atoms with Crippen LogP contribution in [0.4, 0.5) is 0 Å². The number of aromatic nitrogens is 2. The molecule has 0 saturated heterocycles. The second-order valence-corrected chi connectivity index (χ2v) is 6.33. The lowest BCUT2D eigenvalue weighted by atomic mass is 10.0. The first-order valence-corrected chi connectivity index (χ1v) is 7.78. The van der Waals surface area contributed by atoms with Crippen LogP contribution in [0.3, 0.4) is 0 Å².